The molecule has 1 aliphatic heterocycles. The number of aromatic nitrogens is 3. The standard InChI is InChI=1S/C21H30FN5O/c1-3-4-18(26-9-7-14(2)23-8-10-26)20-25-19-17(11-16(22)12-24-19)21(28)27(20)13-15-5-6-15/h11-12,14-15,18,23H,3-10,13H2,1-2H3/t14?,18-/m1/s1. The van der Waals surface area contributed by atoms with Crippen LogP contribution in [0.3, 0.4) is 0 Å². The van der Waals surface area contributed by atoms with Crippen LogP contribution in [0.4, 0.5) is 4.39 Å². The Hall–Kier alpha value is -1.86. The van der Waals surface area contributed by atoms with Crippen LogP contribution in [0.15, 0.2) is 17.1 Å². The summed E-state index contributed by atoms with van der Waals surface area (Å²) in [5.41, 5.74) is 0.206. The quantitative estimate of drug-likeness (QED) is 0.826. The van der Waals surface area contributed by atoms with Crippen LogP contribution in [0.5, 0.6) is 0 Å². The van der Waals surface area contributed by atoms with Crippen molar-refractivity contribution in [2.45, 2.75) is 64.6 Å². The minimum atomic E-state index is -0.491. The lowest BCUT2D eigenvalue weighted by Crippen LogP contribution is -2.37. The summed E-state index contributed by atoms with van der Waals surface area (Å²) in [6.07, 6.45) is 6.47. The van der Waals surface area contributed by atoms with E-state index >= 15 is 0 Å². The van der Waals surface area contributed by atoms with Crippen LogP contribution < -0.4 is 10.9 Å². The average Bonchev–Trinajstić information content (AvgIpc) is 3.51. The molecule has 1 N–H and O–H groups in total. The zero-order chi connectivity index (χ0) is 19.7. The topological polar surface area (TPSA) is 63.1 Å². The molecular formula is C21H30FN5O. The highest BCUT2D eigenvalue weighted by atomic mass is 19.1. The molecule has 0 radical (unpaired) electrons. The van der Waals surface area contributed by atoms with Crippen molar-refractivity contribution in [3.8, 4) is 0 Å². The largest absolute Gasteiger partial charge is 0.313 e. The van der Waals surface area contributed by atoms with Crippen molar-refractivity contribution >= 4 is 11.0 Å². The number of nitrogens with one attached hydrogen (secondary N) is 1. The molecule has 7 heteroatoms. The fourth-order valence-electron chi connectivity index (χ4n) is 4.17. The Morgan fingerprint density at radius 3 is 2.89 bits per heavy atom. The summed E-state index contributed by atoms with van der Waals surface area (Å²) >= 11 is 0. The summed E-state index contributed by atoms with van der Waals surface area (Å²) in [6.45, 7) is 7.91. The number of hydrogen-bond acceptors (Lipinski definition) is 5. The second kappa shape index (κ2) is 8.25. The molecule has 1 saturated carbocycles. The van der Waals surface area contributed by atoms with Crippen LogP contribution in [-0.4, -0.2) is 45.1 Å². The van der Waals surface area contributed by atoms with Gasteiger partial charge in [-0.3, -0.25) is 14.3 Å². The van der Waals surface area contributed by atoms with Crippen molar-refractivity contribution in [1.82, 2.24) is 24.8 Å². The SMILES string of the molecule is CCC[C@H](c1nc2ncc(F)cc2c(=O)n1CC1CC1)N1CCNC(C)CC1. The van der Waals surface area contributed by atoms with Gasteiger partial charge in [-0.25, -0.2) is 14.4 Å². The molecule has 2 aromatic rings. The van der Waals surface area contributed by atoms with Crippen molar-refractivity contribution in [2.24, 2.45) is 5.92 Å². The number of rotatable bonds is 6. The van der Waals surface area contributed by atoms with E-state index in [-0.39, 0.29) is 17.0 Å². The molecule has 0 spiro atoms. The Bertz CT molecular complexity index is 894. The summed E-state index contributed by atoms with van der Waals surface area (Å²) in [4.78, 5) is 24.7. The first-order chi connectivity index (χ1) is 13.6. The smallest absolute Gasteiger partial charge is 0.263 e. The van der Waals surface area contributed by atoms with Crippen LogP contribution in [-0.2, 0) is 6.54 Å². The van der Waals surface area contributed by atoms with Gasteiger partial charge in [0.1, 0.15) is 11.6 Å². The second-order valence-corrected chi connectivity index (χ2v) is 8.34. The van der Waals surface area contributed by atoms with Crippen molar-refractivity contribution in [2.75, 3.05) is 19.6 Å². The minimum Gasteiger partial charge on any atom is -0.313 e. The van der Waals surface area contributed by atoms with Gasteiger partial charge < -0.3 is 5.32 Å². The van der Waals surface area contributed by atoms with Crippen LogP contribution in [0.25, 0.3) is 11.0 Å². The van der Waals surface area contributed by atoms with E-state index < -0.39 is 5.82 Å². The molecule has 28 heavy (non-hydrogen) atoms. The Labute approximate surface area is 165 Å². The monoisotopic (exact) mass is 387 g/mol. The zero-order valence-corrected chi connectivity index (χ0v) is 16.8. The maximum absolute atomic E-state index is 13.7. The first-order valence-corrected chi connectivity index (χ1v) is 10.6. The first kappa shape index (κ1) is 19.5. The van der Waals surface area contributed by atoms with Crippen LogP contribution in [0.2, 0.25) is 0 Å². The molecule has 6 nitrogen and oxygen atoms in total. The molecule has 2 aliphatic rings. The Kier molecular flexibility index (Phi) is 5.73. The molecule has 152 valence electrons. The van der Waals surface area contributed by atoms with Gasteiger partial charge in [-0.2, -0.15) is 0 Å². The number of pyridine rings is 1. The molecule has 1 saturated heterocycles. The second-order valence-electron chi connectivity index (χ2n) is 8.34. The van der Waals surface area contributed by atoms with E-state index in [2.05, 4.69) is 29.0 Å². The highest BCUT2D eigenvalue weighted by Crippen LogP contribution is 2.32. The van der Waals surface area contributed by atoms with Gasteiger partial charge in [0, 0.05) is 32.2 Å². The normalized spacial score (nSPS) is 22.3. The maximum Gasteiger partial charge on any atom is 0.263 e. The number of halogens is 1. The third-order valence-electron chi connectivity index (χ3n) is 5.99. The van der Waals surface area contributed by atoms with Gasteiger partial charge in [0.25, 0.3) is 5.56 Å². The lowest BCUT2D eigenvalue weighted by molar-refractivity contribution is 0.183. The van der Waals surface area contributed by atoms with Crippen LogP contribution >= 0.6 is 0 Å². The fourth-order valence-corrected chi connectivity index (χ4v) is 4.17. The molecule has 3 heterocycles. The maximum atomic E-state index is 13.7. The summed E-state index contributed by atoms with van der Waals surface area (Å²) in [5.74, 6) is 0.847. The van der Waals surface area contributed by atoms with Gasteiger partial charge in [-0.1, -0.05) is 13.3 Å². The van der Waals surface area contributed by atoms with E-state index in [0.29, 0.717) is 24.2 Å². The predicted octanol–water partition coefficient (Wildman–Crippen LogP) is 2.87. The fraction of sp³-hybridized carbons (Fsp3) is 0.667. The number of nitrogens with zero attached hydrogens (tertiary/aromatic N) is 4. The van der Waals surface area contributed by atoms with Gasteiger partial charge in [-0.05, 0) is 44.6 Å². The van der Waals surface area contributed by atoms with Crippen LogP contribution in [0, 0.1) is 11.7 Å². The minimum absolute atomic E-state index is 0.0832. The lowest BCUT2D eigenvalue weighted by Gasteiger charge is -2.31. The van der Waals surface area contributed by atoms with Crippen molar-refractivity contribution in [1.29, 1.82) is 0 Å². The van der Waals surface area contributed by atoms with E-state index in [9.17, 15) is 9.18 Å². The summed E-state index contributed by atoms with van der Waals surface area (Å²) in [7, 11) is 0. The highest BCUT2D eigenvalue weighted by Gasteiger charge is 2.30. The number of fused-ring (bicyclic) bond motifs is 1. The third-order valence-corrected chi connectivity index (χ3v) is 5.99. The molecule has 0 amide bonds. The van der Waals surface area contributed by atoms with Gasteiger partial charge in [0.15, 0.2) is 5.65 Å². The molecular weight excluding hydrogens is 357 g/mol. The van der Waals surface area contributed by atoms with Crippen LogP contribution in [0.1, 0.15) is 57.8 Å². The number of hydrogen-bond donors (Lipinski definition) is 1. The zero-order valence-electron chi connectivity index (χ0n) is 16.8. The molecule has 0 bridgehead atoms. The van der Waals surface area contributed by atoms with Gasteiger partial charge in [0.2, 0.25) is 0 Å². The molecule has 2 fully saturated rings. The Balaban J connectivity index is 1.80. The molecule has 2 aromatic heterocycles. The molecule has 2 atom stereocenters. The Morgan fingerprint density at radius 2 is 2.14 bits per heavy atom. The first-order valence-electron chi connectivity index (χ1n) is 10.6. The van der Waals surface area contributed by atoms with Crippen molar-refractivity contribution < 1.29 is 4.39 Å². The van der Waals surface area contributed by atoms with Gasteiger partial charge >= 0.3 is 0 Å². The summed E-state index contributed by atoms with van der Waals surface area (Å²) < 4.78 is 15.5. The molecule has 0 aromatic carbocycles. The van der Waals surface area contributed by atoms with Gasteiger partial charge in [-0.15, -0.1) is 0 Å². The Morgan fingerprint density at radius 1 is 1.32 bits per heavy atom. The average molecular weight is 388 g/mol. The van der Waals surface area contributed by atoms with Gasteiger partial charge in [0.05, 0.1) is 17.6 Å². The van der Waals surface area contributed by atoms with E-state index in [1.54, 1.807) is 0 Å². The molecule has 4 rings (SSSR count). The van der Waals surface area contributed by atoms with E-state index in [4.69, 9.17) is 4.98 Å². The third kappa shape index (κ3) is 4.10. The van der Waals surface area contributed by atoms with E-state index in [0.717, 1.165) is 63.8 Å². The molecule has 1 aliphatic carbocycles. The summed E-state index contributed by atoms with van der Waals surface area (Å²) in [5, 5.41) is 3.83. The lowest BCUT2D eigenvalue weighted by atomic mass is 10.1. The van der Waals surface area contributed by atoms with E-state index in [1.165, 1.54) is 6.07 Å². The highest BCUT2D eigenvalue weighted by molar-refractivity contribution is 5.73. The van der Waals surface area contributed by atoms with E-state index in [1.807, 2.05) is 4.57 Å². The predicted molar refractivity (Wildman–Crippen MR) is 108 cm³/mol. The summed E-state index contributed by atoms with van der Waals surface area (Å²) in [6, 6.07) is 1.85. The molecule has 1 unspecified atom stereocenters. The van der Waals surface area contributed by atoms with Crippen molar-refractivity contribution in [3.05, 3.63) is 34.3 Å². The van der Waals surface area contributed by atoms with Crippen molar-refractivity contribution in [3.63, 3.8) is 0 Å².